The first-order chi connectivity index (χ1) is 16.9. The summed E-state index contributed by atoms with van der Waals surface area (Å²) in [7, 11) is 1.60. The van der Waals surface area contributed by atoms with Crippen LogP contribution in [0.1, 0.15) is 43.6 Å². The Morgan fingerprint density at radius 2 is 1.86 bits per heavy atom. The number of hydrogen-bond donors (Lipinski definition) is 0. The molecular formula is C25H28N4O6. The van der Waals surface area contributed by atoms with Crippen LogP contribution in [0.15, 0.2) is 47.0 Å². The molecule has 184 valence electrons. The molecule has 35 heavy (non-hydrogen) atoms. The summed E-state index contributed by atoms with van der Waals surface area (Å²) >= 11 is 0. The highest BCUT2D eigenvalue weighted by Crippen LogP contribution is 2.26. The van der Waals surface area contributed by atoms with Crippen LogP contribution in [0.4, 0.5) is 5.69 Å². The summed E-state index contributed by atoms with van der Waals surface area (Å²) in [6.45, 7) is 1.64. The second-order valence-electron chi connectivity index (χ2n) is 8.55. The van der Waals surface area contributed by atoms with Crippen LogP contribution in [0.3, 0.4) is 0 Å². The Labute approximate surface area is 203 Å². The SMILES string of the molecule is COc1ccc(-c2noc(CN(C(=O)COc3ccc([N+](=O)[O-])c(C)c3)C3CCCCC3)n2)cc1. The summed E-state index contributed by atoms with van der Waals surface area (Å²) in [5.74, 6) is 1.73. The molecule has 10 heteroatoms. The molecule has 1 aromatic heterocycles. The zero-order chi connectivity index (χ0) is 24.8. The molecule has 3 aromatic rings. The van der Waals surface area contributed by atoms with Crippen LogP contribution >= 0.6 is 0 Å². The molecule has 1 aliphatic carbocycles. The average molecular weight is 481 g/mol. The maximum absolute atomic E-state index is 13.2. The molecule has 0 bridgehead atoms. The number of ether oxygens (including phenoxy) is 2. The van der Waals surface area contributed by atoms with E-state index in [2.05, 4.69) is 10.1 Å². The molecule has 0 radical (unpaired) electrons. The molecule has 4 rings (SSSR count). The topological polar surface area (TPSA) is 121 Å². The minimum atomic E-state index is -0.445. The van der Waals surface area contributed by atoms with Gasteiger partial charge in [-0.3, -0.25) is 14.9 Å². The van der Waals surface area contributed by atoms with Crippen molar-refractivity contribution < 1.29 is 23.7 Å². The predicted molar refractivity (Wildman–Crippen MR) is 127 cm³/mol. The highest BCUT2D eigenvalue weighted by atomic mass is 16.6. The van der Waals surface area contributed by atoms with Crippen molar-refractivity contribution in [3.05, 3.63) is 64.0 Å². The van der Waals surface area contributed by atoms with Gasteiger partial charge in [-0.2, -0.15) is 4.98 Å². The van der Waals surface area contributed by atoms with Crippen LogP contribution < -0.4 is 9.47 Å². The number of nitro benzene ring substituents is 1. The fraction of sp³-hybridized carbons (Fsp3) is 0.400. The van der Waals surface area contributed by atoms with Crippen LogP contribution in [-0.2, 0) is 11.3 Å². The van der Waals surface area contributed by atoms with Crippen LogP contribution in [0.5, 0.6) is 11.5 Å². The Morgan fingerprint density at radius 1 is 1.14 bits per heavy atom. The first-order valence-corrected chi connectivity index (χ1v) is 11.6. The molecule has 1 aliphatic rings. The molecule has 0 spiro atoms. The van der Waals surface area contributed by atoms with E-state index in [1.165, 1.54) is 12.1 Å². The molecule has 0 saturated heterocycles. The van der Waals surface area contributed by atoms with Gasteiger partial charge in [-0.1, -0.05) is 24.4 Å². The van der Waals surface area contributed by atoms with Gasteiger partial charge in [-0.15, -0.1) is 0 Å². The zero-order valence-electron chi connectivity index (χ0n) is 19.8. The predicted octanol–water partition coefficient (Wildman–Crippen LogP) is 4.70. The third-order valence-electron chi connectivity index (χ3n) is 6.18. The van der Waals surface area contributed by atoms with Gasteiger partial charge in [-0.25, -0.2) is 0 Å². The van der Waals surface area contributed by atoms with E-state index >= 15 is 0 Å². The number of carbonyl (C=O) groups excluding carboxylic acids is 1. The number of aryl methyl sites for hydroxylation is 1. The van der Waals surface area contributed by atoms with E-state index in [0.717, 1.165) is 43.4 Å². The highest BCUT2D eigenvalue weighted by Gasteiger charge is 2.28. The van der Waals surface area contributed by atoms with Gasteiger partial charge in [0.1, 0.15) is 18.0 Å². The van der Waals surface area contributed by atoms with Crippen LogP contribution in [0, 0.1) is 17.0 Å². The average Bonchev–Trinajstić information content (AvgIpc) is 3.35. The largest absolute Gasteiger partial charge is 0.497 e. The zero-order valence-corrected chi connectivity index (χ0v) is 19.8. The minimum absolute atomic E-state index is 0.0107. The monoisotopic (exact) mass is 480 g/mol. The lowest BCUT2D eigenvalue weighted by Gasteiger charge is -2.33. The summed E-state index contributed by atoms with van der Waals surface area (Å²) in [5.41, 5.74) is 1.27. The molecule has 1 amide bonds. The van der Waals surface area contributed by atoms with Crippen LogP contribution in [0.2, 0.25) is 0 Å². The van der Waals surface area contributed by atoms with Gasteiger partial charge in [0.05, 0.1) is 12.0 Å². The second kappa shape index (κ2) is 11.0. The third kappa shape index (κ3) is 5.95. The molecule has 1 fully saturated rings. The molecule has 1 heterocycles. The summed E-state index contributed by atoms with van der Waals surface area (Å²) in [6.07, 6.45) is 5.07. The molecule has 0 aliphatic heterocycles. The van der Waals surface area contributed by atoms with Crippen molar-refractivity contribution in [1.82, 2.24) is 15.0 Å². The van der Waals surface area contributed by atoms with Gasteiger partial charge < -0.3 is 18.9 Å². The number of hydrogen-bond acceptors (Lipinski definition) is 8. The Kier molecular flexibility index (Phi) is 7.59. The first kappa shape index (κ1) is 24.2. The van der Waals surface area contributed by atoms with E-state index in [1.54, 1.807) is 25.0 Å². The molecule has 0 N–H and O–H groups in total. The number of aromatic nitrogens is 2. The van der Waals surface area contributed by atoms with Gasteiger partial charge in [0.25, 0.3) is 11.6 Å². The first-order valence-electron chi connectivity index (χ1n) is 11.6. The van der Waals surface area contributed by atoms with Crippen molar-refractivity contribution >= 4 is 11.6 Å². The van der Waals surface area contributed by atoms with E-state index in [0.29, 0.717) is 23.0 Å². The van der Waals surface area contributed by atoms with Crippen LogP contribution in [-0.4, -0.2) is 45.6 Å². The van der Waals surface area contributed by atoms with Gasteiger partial charge in [0.2, 0.25) is 11.7 Å². The van der Waals surface area contributed by atoms with E-state index in [4.69, 9.17) is 14.0 Å². The summed E-state index contributed by atoms with van der Waals surface area (Å²) in [6, 6.07) is 11.8. The fourth-order valence-corrected chi connectivity index (χ4v) is 4.29. The van der Waals surface area contributed by atoms with E-state index in [9.17, 15) is 14.9 Å². The highest BCUT2D eigenvalue weighted by molar-refractivity contribution is 5.78. The van der Waals surface area contributed by atoms with Crippen molar-refractivity contribution in [2.24, 2.45) is 0 Å². The second-order valence-corrected chi connectivity index (χ2v) is 8.55. The lowest BCUT2D eigenvalue weighted by atomic mass is 9.94. The Balaban J connectivity index is 1.46. The summed E-state index contributed by atoms with van der Waals surface area (Å²) in [4.78, 5) is 30.1. The minimum Gasteiger partial charge on any atom is -0.497 e. The lowest BCUT2D eigenvalue weighted by molar-refractivity contribution is -0.385. The number of nitro groups is 1. The van der Waals surface area contributed by atoms with Gasteiger partial charge >= 0.3 is 0 Å². The quantitative estimate of drug-likeness (QED) is 0.319. The number of benzene rings is 2. The van der Waals surface area contributed by atoms with E-state index in [1.807, 2.05) is 24.3 Å². The number of methoxy groups -OCH3 is 1. The molecule has 2 aromatic carbocycles. The maximum atomic E-state index is 13.2. The third-order valence-corrected chi connectivity index (χ3v) is 6.18. The van der Waals surface area contributed by atoms with Gasteiger partial charge in [0, 0.05) is 23.2 Å². The smallest absolute Gasteiger partial charge is 0.272 e. The Morgan fingerprint density at radius 3 is 2.51 bits per heavy atom. The Hall–Kier alpha value is -3.95. The van der Waals surface area contributed by atoms with Crippen LogP contribution in [0.25, 0.3) is 11.4 Å². The summed E-state index contributed by atoms with van der Waals surface area (Å²) in [5, 5.41) is 15.1. The maximum Gasteiger partial charge on any atom is 0.272 e. The lowest BCUT2D eigenvalue weighted by Crippen LogP contribution is -2.43. The van der Waals surface area contributed by atoms with Crippen molar-refractivity contribution in [1.29, 1.82) is 0 Å². The van der Waals surface area contributed by atoms with E-state index in [-0.39, 0.29) is 30.8 Å². The molecule has 0 atom stereocenters. The number of amides is 1. The van der Waals surface area contributed by atoms with Crippen molar-refractivity contribution in [2.75, 3.05) is 13.7 Å². The summed E-state index contributed by atoms with van der Waals surface area (Å²) < 4.78 is 16.4. The molecule has 10 nitrogen and oxygen atoms in total. The molecular weight excluding hydrogens is 452 g/mol. The normalized spacial score (nSPS) is 13.9. The van der Waals surface area contributed by atoms with Crippen molar-refractivity contribution in [3.8, 4) is 22.9 Å². The number of rotatable bonds is 9. The van der Waals surface area contributed by atoms with Gasteiger partial charge in [-0.05, 0) is 56.2 Å². The number of carbonyl (C=O) groups is 1. The Bertz CT molecular complexity index is 1170. The van der Waals surface area contributed by atoms with Crippen molar-refractivity contribution in [3.63, 3.8) is 0 Å². The van der Waals surface area contributed by atoms with Gasteiger partial charge in [0.15, 0.2) is 6.61 Å². The molecule has 0 unspecified atom stereocenters. The van der Waals surface area contributed by atoms with E-state index < -0.39 is 4.92 Å². The molecule has 1 saturated carbocycles. The number of nitrogens with zero attached hydrogens (tertiary/aromatic N) is 4. The van der Waals surface area contributed by atoms with Crippen molar-refractivity contribution in [2.45, 2.75) is 51.6 Å². The fourth-order valence-electron chi connectivity index (χ4n) is 4.29. The standard InChI is InChI=1S/C25H28N4O6/c1-17-14-21(12-13-22(17)29(31)32)34-16-24(30)28(19-6-4-3-5-7-19)15-23-26-25(27-35-23)18-8-10-20(33-2)11-9-18/h8-14,19H,3-7,15-16H2,1-2H3.